The minimum Gasteiger partial charge on any atom is -0.487 e. The van der Waals surface area contributed by atoms with Crippen LogP contribution in [-0.2, 0) is 17.6 Å². The Morgan fingerprint density at radius 3 is 2.50 bits per heavy atom. The number of hydrogen-bond acceptors (Lipinski definition) is 6. The second kappa shape index (κ2) is 13.2. The zero-order valence-electron chi connectivity index (χ0n) is 26.9. The molecule has 1 atom stereocenters. The molecular formula is C36H38BN5O4. The van der Waals surface area contributed by atoms with Gasteiger partial charge in [-0.1, -0.05) is 61.9 Å². The maximum Gasteiger partial charge on any atom is 0.261 e. The molecule has 0 saturated carbocycles. The number of nitrogens with one attached hydrogen (secondary N) is 3. The average Bonchev–Trinajstić information content (AvgIpc) is 2.98. The molecule has 2 amide bonds. The first-order valence-electron chi connectivity index (χ1n) is 15.4. The zero-order chi connectivity index (χ0) is 33.2. The van der Waals surface area contributed by atoms with E-state index in [9.17, 15) is 14.4 Å². The van der Waals surface area contributed by atoms with E-state index in [0.29, 0.717) is 47.7 Å². The predicted molar refractivity (Wildman–Crippen MR) is 180 cm³/mol. The Balaban J connectivity index is 1.52. The van der Waals surface area contributed by atoms with Crippen LogP contribution in [0.5, 0.6) is 5.75 Å². The number of rotatable bonds is 8. The number of amidine groups is 1. The van der Waals surface area contributed by atoms with Gasteiger partial charge >= 0.3 is 0 Å². The zero-order valence-corrected chi connectivity index (χ0v) is 26.9. The van der Waals surface area contributed by atoms with E-state index < -0.39 is 11.4 Å². The number of amides is 2. The van der Waals surface area contributed by atoms with Gasteiger partial charge in [0.2, 0.25) is 13.8 Å². The molecular weight excluding hydrogens is 577 g/mol. The monoisotopic (exact) mass is 615 g/mol. The quantitative estimate of drug-likeness (QED) is 0.133. The molecule has 0 spiro atoms. The number of nitrogens with zero attached hydrogens (tertiary/aromatic N) is 2. The summed E-state index contributed by atoms with van der Waals surface area (Å²) in [5.41, 5.74) is 5.42. The van der Waals surface area contributed by atoms with Gasteiger partial charge in [0.05, 0.1) is 17.4 Å². The lowest BCUT2D eigenvalue weighted by Crippen LogP contribution is -2.40. The molecule has 10 heteroatoms. The molecule has 0 fully saturated rings. The minimum atomic E-state index is -0.796. The number of fused-ring (bicyclic) bond motifs is 1. The van der Waals surface area contributed by atoms with Gasteiger partial charge in [0.15, 0.2) is 5.81 Å². The van der Waals surface area contributed by atoms with Crippen LogP contribution in [0.15, 0.2) is 71.5 Å². The molecule has 1 aliphatic rings. The van der Waals surface area contributed by atoms with Gasteiger partial charge in [-0.05, 0) is 62.1 Å². The Kier molecular flexibility index (Phi) is 9.28. The standard InChI is InChI=1S/C36H38BN5O4/c1-6-9-30-29(18-23-12-14-24(15-13-23)26-10-7-8-11-27(26)33(38)41-35(37)45)34(44)42(21(2)39-30)25-16-17-32-28(19-25)31(40-22(3)43)20-36(4,5)46-32/h7-8,10-17,19,31H,6,9,18,20H2,1-5H3,(H,40,43)(H2,38,41,45). The smallest absolute Gasteiger partial charge is 0.261 e. The van der Waals surface area contributed by atoms with E-state index in [1.807, 2.05) is 75.4 Å². The predicted octanol–water partition coefficient (Wildman–Crippen LogP) is 5.69. The van der Waals surface area contributed by atoms with Crippen molar-refractivity contribution in [3.05, 3.63) is 111 Å². The molecule has 1 unspecified atom stereocenters. The molecule has 0 saturated heterocycles. The third-order valence-electron chi connectivity index (χ3n) is 8.09. The summed E-state index contributed by atoms with van der Waals surface area (Å²) in [5, 5.41) is 13.7. The third kappa shape index (κ3) is 6.96. The molecule has 0 aliphatic carbocycles. The van der Waals surface area contributed by atoms with Crippen molar-refractivity contribution in [2.24, 2.45) is 0 Å². The first-order valence-corrected chi connectivity index (χ1v) is 15.4. The van der Waals surface area contributed by atoms with Gasteiger partial charge in [-0.15, -0.1) is 0 Å². The van der Waals surface area contributed by atoms with Crippen molar-refractivity contribution in [1.29, 1.82) is 5.41 Å². The van der Waals surface area contributed by atoms with Crippen molar-refractivity contribution in [3.63, 3.8) is 0 Å². The normalized spacial score (nSPS) is 14.9. The van der Waals surface area contributed by atoms with Gasteiger partial charge in [0, 0.05) is 36.5 Å². The molecule has 1 aromatic heterocycles. The maximum atomic E-state index is 14.3. The molecule has 2 radical (unpaired) electrons. The molecule has 1 aliphatic heterocycles. The highest BCUT2D eigenvalue weighted by molar-refractivity contribution is 6.58. The number of hydrogen-bond donors (Lipinski definition) is 3. The van der Waals surface area contributed by atoms with E-state index in [0.717, 1.165) is 34.4 Å². The summed E-state index contributed by atoms with van der Waals surface area (Å²) < 4.78 is 7.87. The van der Waals surface area contributed by atoms with Crippen LogP contribution in [0.25, 0.3) is 16.8 Å². The van der Waals surface area contributed by atoms with E-state index in [2.05, 4.69) is 17.6 Å². The topological polar surface area (TPSA) is 126 Å². The van der Waals surface area contributed by atoms with E-state index in [1.54, 1.807) is 16.7 Å². The third-order valence-corrected chi connectivity index (χ3v) is 8.09. The summed E-state index contributed by atoms with van der Waals surface area (Å²) in [6, 6.07) is 20.5. The number of ether oxygens (including phenoxy) is 1. The highest BCUT2D eigenvalue weighted by Gasteiger charge is 2.34. The molecule has 46 heavy (non-hydrogen) atoms. The molecule has 0 bridgehead atoms. The summed E-state index contributed by atoms with van der Waals surface area (Å²) in [7, 11) is 5.23. The van der Waals surface area contributed by atoms with E-state index in [-0.39, 0.29) is 23.3 Å². The fraction of sp³-hybridized carbons (Fsp3) is 0.306. The van der Waals surface area contributed by atoms with E-state index in [1.165, 1.54) is 6.92 Å². The van der Waals surface area contributed by atoms with E-state index >= 15 is 0 Å². The first-order chi connectivity index (χ1) is 21.9. The number of aryl methyl sites for hydroxylation is 2. The summed E-state index contributed by atoms with van der Waals surface area (Å²) in [4.78, 5) is 42.6. The van der Waals surface area contributed by atoms with Crippen molar-refractivity contribution < 1.29 is 14.3 Å². The van der Waals surface area contributed by atoms with Gasteiger partial charge in [0.25, 0.3) is 5.56 Å². The summed E-state index contributed by atoms with van der Waals surface area (Å²) in [6.45, 7) is 9.39. The fourth-order valence-electron chi connectivity index (χ4n) is 6.15. The van der Waals surface area contributed by atoms with Gasteiger partial charge in [-0.2, -0.15) is 0 Å². The number of aromatic nitrogens is 2. The van der Waals surface area contributed by atoms with Crippen molar-refractivity contribution in [1.82, 2.24) is 20.2 Å². The van der Waals surface area contributed by atoms with Crippen LogP contribution in [0.1, 0.15) is 80.4 Å². The van der Waals surface area contributed by atoms with Crippen molar-refractivity contribution in [2.75, 3.05) is 0 Å². The molecule has 2 heterocycles. The van der Waals surface area contributed by atoms with Crippen LogP contribution in [-0.4, -0.2) is 40.5 Å². The van der Waals surface area contributed by atoms with Crippen molar-refractivity contribution >= 4 is 25.4 Å². The molecule has 3 aromatic carbocycles. The summed E-state index contributed by atoms with van der Waals surface area (Å²) >= 11 is 0. The highest BCUT2D eigenvalue weighted by atomic mass is 16.5. The second-order valence-electron chi connectivity index (χ2n) is 12.3. The maximum absolute atomic E-state index is 14.3. The number of carbonyl (C=O) groups is 2. The van der Waals surface area contributed by atoms with Crippen molar-refractivity contribution in [2.45, 2.75) is 71.9 Å². The summed E-state index contributed by atoms with van der Waals surface area (Å²) in [5.74, 6) is 0.265. The van der Waals surface area contributed by atoms with Crippen LogP contribution in [0.3, 0.4) is 0 Å². The summed E-state index contributed by atoms with van der Waals surface area (Å²) in [6.07, 6.45) is 2.50. The van der Waals surface area contributed by atoms with Crippen LogP contribution in [0.2, 0.25) is 0 Å². The van der Waals surface area contributed by atoms with Gasteiger partial charge in [-0.3, -0.25) is 24.4 Å². The molecule has 234 valence electrons. The highest BCUT2D eigenvalue weighted by Crippen LogP contribution is 2.40. The molecule has 4 aromatic rings. The Morgan fingerprint density at radius 2 is 1.83 bits per heavy atom. The van der Waals surface area contributed by atoms with Crippen LogP contribution in [0, 0.1) is 12.3 Å². The van der Waals surface area contributed by atoms with Crippen molar-refractivity contribution in [3.8, 4) is 22.6 Å². The van der Waals surface area contributed by atoms with Gasteiger partial charge < -0.3 is 15.4 Å². The molecule has 5 rings (SSSR count). The molecule has 3 N–H and O–H groups in total. The second-order valence-corrected chi connectivity index (χ2v) is 12.3. The molecule has 9 nitrogen and oxygen atoms in total. The lowest BCUT2D eigenvalue weighted by Gasteiger charge is -2.38. The first kappa shape index (κ1) is 32.4. The van der Waals surface area contributed by atoms with E-state index in [4.69, 9.17) is 23.0 Å². The Morgan fingerprint density at radius 1 is 1.11 bits per heavy atom. The minimum absolute atomic E-state index is 0.0801. The van der Waals surface area contributed by atoms with Gasteiger partial charge in [0.1, 0.15) is 23.0 Å². The number of benzene rings is 3. The Labute approximate surface area is 270 Å². The van der Waals surface area contributed by atoms with Crippen LogP contribution in [0.4, 0.5) is 4.79 Å². The number of carbonyl (C=O) groups excluding carboxylic acids is 2. The average molecular weight is 616 g/mol. The SMILES string of the molecule is [B]C(=O)NC(=N)c1ccccc1-c1ccc(Cc2c(CCC)nc(C)n(-c3ccc4c(c3)C(NC(C)=O)CC(C)(C)O4)c2=O)cc1. The lowest BCUT2D eigenvalue weighted by atomic mass is 9.89. The Bertz CT molecular complexity index is 1880. The van der Waals surface area contributed by atoms with Crippen LogP contribution >= 0.6 is 0 Å². The largest absolute Gasteiger partial charge is 0.487 e. The van der Waals surface area contributed by atoms with Crippen LogP contribution < -0.4 is 20.9 Å². The Hall–Kier alpha value is -4.99. The lowest BCUT2D eigenvalue weighted by molar-refractivity contribution is -0.120. The fourth-order valence-corrected chi connectivity index (χ4v) is 6.15. The van der Waals surface area contributed by atoms with Gasteiger partial charge in [-0.25, -0.2) is 4.98 Å².